The molecule has 204 valence electrons. The minimum atomic E-state index is -4.52. The maximum Gasteiger partial charge on any atom is 0.416 e. The van der Waals surface area contributed by atoms with Crippen LogP contribution in [0.1, 0.15) is 40.7 Å². The number of carbonyl (C=O) groups is 3. The van der Waals surface area contributed by atoms with E-state index in [1.54, 1.807) is 0 Å². The molecule has 0 radical (unpaired) electrons. The summed E-state index contributed by atoms with van der Waals surface area (Å²) < 4.78 is 43.7. The number of hydrogen-bond donors (Lipinski definition) is 3. The van der Waals surface area contributed by atoms with Crippen molar-refractivity contribution in [2.75, 3.05) is 17.2 Å². The summed E-state index contributed by atoms with van der Waals surface area (Å²) in [6, 6.07) is 20.1. The number of aryl methyl sites for hydroxylation is 1. The Morgan fingerprint density at radius 3 is 2.23 bits per heavy atom. The summed E-state index contributed by atoms with van der Waals surface area (Å²) >= 11 is 5.11. The van der Waals surface area contributed by atoms with E-state index < -0.39 is 29.5 Å². The second-order valence-corrected chi connectivity index (χ2v) is 8.83. The largest absolute Gasteiger partial charge is 0.466 e. The Kier molecular flexibility index (Phi) is 10.6. The first-order valence-corrected chi connectivity index (χ1v) is 12.4. The third-order valence-corrected chi connectivity index (χ3v) is 5.58. The van der Waals surface area contributed by atoms with Crippen LogP contribution in [-0.2, 0) is 26.9 Å². The lowest BCUT2D eigenvalue weighted by Gasteiger charge is -2.11. The van der Waals surface area contributed by atoms with Gasteiger partial charge in [0, 0.05) is 23.4 Å². The molecule has 3 aromatic rings. The van der Waals surface area contributed by atoms with Gasteiger partial charge in [-0.2, -0.15) is 13.2 Å². The topological polar surface area (TPSA) is 96.5 Å². The standard InChI is InChI=1S/C28H26F3N3O4S/c29-28(30,31)21-9-4-10-23(18-21)32-26(37)20-11-13-22(14-12-20)33-27(39)34-24(35)15-16-25(36)38-17-5-8-19-6-2-1-3-7-19/h1-4,6-7,9-14,18H,5,8,15-17H2,(H,32,37)(H2,33,34,35,39). The molecule has 0 aliphatic rings. The molecule has 0 atom stereocenters. The summed E-state index contributed by atoms with van der Waals surface area (Å²) in [6.07, 6.45) is -3.24. The van der Waals surface area contributed by atoms with Crippen LogP contribution in [-0.4, -0.2) is 29.5 Å². The number of esters is 1. The highest BCUT2D eigenvalue weighted by molar-refractivity contribution is 7.80. The molecule has 11 heteroatoms. The molecule has 2 amide bonds. The molecule has 0 aromatic heterocycles. The molecule has 0 aliphatic carbocycles. The van der Waals surface area contributed by atoms with E-state index >= 15 is 0 Å². The van der Waals surface area contributed by atoms with Crippen molar-refractivity contribution in [1.82, 2.24) is 5.32 Å². The van der Waals surface area contributed by atoms with Crippen LogP contribution in [0.15, 0.2) is 78.9 Å². The van der Waals surface area contributed by atoms with Crippen LogP contribution in [0.25, 0.3) is 0 Å². The summed E-state index contributed by atoms with van der Waals surface area (Å²) in [6.45, 7) is 0.267. The van der Waals surface area contributed by atoms with Gasteiger partial charge < -0.3 is 20.7 Å². The van der Waals surface area contributed by atoms with Crippen molar-refractivity contribution >= 4 is 46.5 Å². The number of anilines is 2. The first kappa shape index (κ1) is 29.3. The van der Waals surface area contributed by atoms with E-state index in [1.807, 2.05) is 30.3 Å². The SMILES string of the molecule is O=C(CCC(=O)OCCCc1ccccc1)NC(=S)Nc1ccc(C(=O)Nc2cccc(C(F)(F)F)c2)cc1. The highest BCUT2D eigenvalue weighted by Gasteiger charge is 2.30. The number of ether oxygens (including phenoxy) is 1. The van der Waals surface area contributed by atoms with Crippen LogP contribution in [0.4, 0.5) is 24.5 Å². The average molecular weight is 558 g/mol. The first-order chi connectivity index (χ1) is 18.6. The van der Waals surface area contributed by atoms with E-state index in [4.69, 9.17) is 17.0 Å². The summed E-state index contributed by atoms with van der Waals surface area (Å²) in [5.74, 6) is -1.54. The van der Waals surface area contributed by atoms with Gasteiger partial charge in [-0.05, 0) is 73.1 Å². The molecule has 0 saturated heterocycles. The van der Waals surface area contributed by atoms with Gasteiger partial charge in [0.1, 0.15) is 0 Å². The molecular formula is C28H26F3N3O4S. The van der Waals surface area contributed by atoms with Crippen LogP contribution >= 0.6 is 12.2 Å². The fourth-order valence-electron chi connectivity index (χ4n) is 3.43. The lowest BCUT2D eigenvalue weighted by molar-refractivity contribution is -0.145. The molecule has 3 rings (SSSR count). The van der Waals surface area contributed by atoms with Crippen molar-refractivity contribution in [2.45, 2.75) is 31.9 Å². The molecule has 3 N–H and O–H groups in total. The third-order valence-electron chi connectivity index (χ3n) is 5.38. The molecule has 0 fully saturated rings. The minimum Gasteiger partial charge on any atom is -0.466 e. The van der Waals surface area contributed by atoms with Crippen molar-refractivity contribution < 1.29 is 32.3 Å². The van der Waals surface area contributed by atoms with Gasteiger partial charge in [0.25, 0.3) is 5.91 Å². The Bertz CT molecular complexity index is 1300. The molecule has 0 aliphatic heterocycles. The number of carbonyl (C=O) groups excluding carboxylic acids is 3. The zero-order valence-corrected chi connectivity index (χ0v) is 21.5. The quantitative estimate of drug-likeness (QED) is 0.168. The average Bonchev–Trinajstić information content (AvgIpc) is 2.90. The molecule has 3 aromatic carbocycles. The van der Waals surface area contributed by atoms with E-state index in [0.717, 1.165) is 24.1 Å². The van der Waals surface area contributed by atoms with Crippen LogP contribution in [0.3, 0.4) is 0 Å². The van der Waals surface area contributed by atoms with Gasteiger partial charge in [0.05, 0.1) is 18.6 Å². The number of rotatable bonds is 10. The fourth-order valence-corrected chi connectivity index (χ4v) is 3.66. The Morgan fingerprint density at radius 1 is 0.821 bits per heavy atom. The Hall–Kier alpha value is -4.25. The van der Waals surface area contributed by atoms with Gasteiger partial charge >= 0.3 is 12.1 Å². The predicted octanol–water partition coefficient (Wildman–Crippen LogP) is 5.73. The summed E-state index contributed by atoms with van der Waals surface area (Å²) in [7, 11) is 0. The molecule has 0 unspecified atom stereocenters. The number of halogens is 3. The highest BCUT2D eigenvalue weighted by Crippen LogP contribution is 2.30. The number of benzene rings is 3. The zero-order valence-electron chi connectivity index (χ0n) is 20.7. The second kappa shape index (κ2) is 14.1. The van der Waals surface area contributed by atoms with Crippen molar-refractivity contribution in [3.8, 4) is 0 Å². The Morgan fingerprint density at radius 2 is 1.54 bits per heavy atom. The molecular weight excluding hydrogens is 531 g/mol. The van der Waals surface area contributed by atoms with Gasteiger partial charge in [-0.15, -0.1) is 0 Å². The zero-order chi connectivity index (χ0) is 28.3. The number of thiocarbonyl (C=S) groups is 1. The maximum absolute atomic E-state index is 12.9. The van der Waals surface area contributed by atoms with E-state index in [9.17, 15) is 27.6 Å². The van der Waals surface area contributed by atoms with Crippen molar-refractivity contribution in [2.24, 2.45) is 0 Å². The van der Waals surface area contributed by atoms with E-state index in [1.165, 1.54) is 36.4 Å². The van der Waals surface area contributed by atoms with E-state index in [-0.39, 0.29) is 35.8 Å². The molecule has 0 saturated carbocycles. The lowest BCUT2D eigenvalue weighted by Crippen LogP contribution is -2.34. The van der Waals surface area contributed by atoms with Crippen molar-refractivity contribution in [1.29, 1.82) is 0 Å². The van der Waals surface area contributed by atoms with Crippen LogP contribution < -0.4 is 16.0 Å². The van der Waals surface area contributed by atoms with Crippen molar-refractivity contribution in [3.05, 3.63) is 95.6 Å². The third kappa shape index (κ3) is 10.2. The van der Waals surface area contributed by atoms with E-state index in [2.05, 4.69) is 16.0 Å². The molecule has 0 heterocycles. The number of hydrogen-bond acceptors (Lipinski definition) is 5. The molecule has 7 nitrogen and oxygen atoms in total. The smallest absolute Gasteiger partial charge is 0.416 e. The van der Waals surface area contributed by atoms with Crippen LogP contribution in [0.5, 0.6) is 0 Å². The number of amides is 2. The summed E-state index contributed by atoms with van der Waals surface area (Å²) in [5.41, 5.74) is 0.967. The van der Waals surface area contributed by atoms with Crippen molar-refractivity contribution in [3.63, 3.8) is 0 Å². The fraction of sp³-hybridized carbons (Fsp3) is 0.214. The first-order valence-electron chi connectivity index (χ1n) is 12.0. The maximum atomic E-state index is 12.9. The summed E-state index contributed by atoms with van der Waals surface area (Å²) in [5, 5.41) is 7.67. The molecule has 0 bridgehead atoms. The Labute approximate surface area is 228 Å². The normalized spacial score (nSPS) is 10.8. The minimum absolute atomic E-state index is 0.00241. The van der Waals surface area contributed by atoms with Crippen LogP contribution in [0, 0.1) is 0 Å². The van der Waals surface area contributed by atoms with Crippen LogP contribution in [0.2, 0.25) is 0 Å². The second-order valence-electron chi connectivity index (χ2n) is 8.42. The number of nitrogens with one attached hydrogen (secondary N) is 3. The van der Waals surface area contributed by atoms with Gasteiger partial charge in [0.2, 0.25) is 5.91 Å². The van der Waals surface area contributed by atoms with Gasteiger partial charge in [0.15, 0.2) is 5.11 Å². The predicted molar refractivity (Wildman–Crippen MR) is 145 cm³/mol. The monoisotopic (exact) mass is 557 g/mol. The lowest BCUT2D eigenvalue weighted by atomic mass is 10.1. The highest BCUT2D eigenvalue weighted by atomic mass is 32.1. The Balaban J connectivity index is 1.37. The molecule has 0 spiro atoms. The van der Waals surface area contributed by atoms with Gasteiger partial charge in [-0.25, -0.2) is 0 Å². The molecule has 39 heavy (non-hydrogen) atoms. The number of alkyl halides is 3. The van der Waals surface area contributed by atoms with Gasteiger partial charge in [-0.1, -0.05) is 36.4 Å². The van der Waals surface area contributed by atoms with Gasteiger partial charge in [-0.3, -0.25) is 14.4 Å². The summed E-state index contributed by atoms with van der Waals surface area (Å²) in [4.78, 5) is 36.4. The van der Waals surface area contributed by atoms with E-state index in [0.29, 0.717) is 12.1 Å².